The smallest absolute Gasteiger partial charge is 0.193 e. The standard InChI is InChI=1S/C17H34N4O/c1-18-17(20(2)13-14-22-15-16-7-8-16)19-9-12-21-10-5-3-4-6-11-21/h16H,3-15H2,1-2H3,(H,18,19). The van der Waals surface area contributed by atoms with Gasteiger partial charge in [-0.25, -0.2) is 0 Å². The van der Waals surface area contributed by atoms with E-state index in [1.54, 1.807) is 0 Å². The third-order valence-electron chi connectivity index (χ3n) is 4.60. The van der Waals surface area contributed by atoms with Crippen molar-refractivity contribution in [1.82, 2.24) is 15.1 Å². The summed E-state index contributed by atoms with van der Waals surface area (Å²) in [5.41, 5.74) is 0. The maximum Gasteiger partial charge on any atom is 0.193 e. The van der Waals surface area contributed by atoms with Gasteiger partial charge in [-0.05, 0) is 44.7 Å². The predicted octanol–water partition coefficient (Wildman–Crippen LogP) is 1.80. The van der Waals surface area contributed by atoms with Gasteiger partial charge < -0.3 is 19.9 Å². The number of aliphatic imine (C=N–C) groups is 1. The van der Waals surface area contributed by atoms with Gasteiger partial charge in [0.2, 0.25) is 0 Å². The molecule has 0 bridgehead atoms. The molecule has 0 aromatic rings. The van der Waals surface area contributed by atoms with Gasteiger partial charge in [0, 0.05) is 40.3 Å². The summed E-state index contributed by atoms with van der Waals surface area (Å²) in [6.45, 7) is 7.23. The molecule has 0 aromatic heterocycles. The second-order valence-corrected chi connectivity index (χ2v) is 6.67. The minimum absolute atomic E-state index is 0.791. The fraction of sp³-hybridized carbons (Fsp3) is 0.941. The van der Waals surface area contributed by atoms with Crippen LogP contribution in [0.3, 0.4) is 0 Å². The van der Waals surface area contributed by atoms with Crippen molar-refractivity contribution in [2.45, 2.75) is 38.5 Å². The van der Waals surface area contributed by atoms with Crippen LogP contribution in [0.25, 0.3) is 0 Å². The number of likely N-dealkylation sites (N-methyl/N-ethyl adjacent to an activating group) is 1. The molecule has 5 nitrogen and oxygen atoms in total. The summed E-state index contributed by atoms with van der Waals surface area (Å²) >= 11 is 0. The quantitative estimate of drug-likeness (QED) is 0.422. The summed E-state index contributed by atoms with van der Waals surface area (Å²) in [7, 11) is 3.94. The predicted molar refractivity (Wildman–Crippen MR) is 92.4 cm³/mol. The SMILES string of the molecule is CN=C(NCCN1CCCCCC1)N(C)CCOCC1CC1. The molecule has 2 aliphatic rings. The summed E-state index contributed by atoms with van der Waals surface area (Å²) < 4.78 is 5.70. The normalized spacial score (nSPS) is 20.7. The summed E-state index contributed by atoms with van der Waals surface area (Å²) in [5.74, 6) is 1.82. The largest absolute Gasteiger partial charge is 0.379 e. The van der Waals surface area contributed by atoms with Crippen molar-refractivity contribution in [3.63, 3.8) is 0 Å². The molecule has 1 aliphatic heterocycles. The van der Waals surface area contributed by atoms with E-state index in [0.29, 0.717) is 0 Å². The van der Waals surface area contributed by atoms with Crippen LogP contribution in [0.2, 0.25) is 0 Å². The molecule has 22 heavy (non-hydrogen) atoms. The molecule has 2 fully saturated rings. The Hall–Kier alpha value is -0.810. The van der Waals surface area contributed by atoms with Crippen molar-refractivity contribution in [1.29, 1.82) is 0 Å². The van der Waals surface area contributed by atoms with Crippen LogP contribution in [0.5, 0.6) is 0 Å². The van der Waals surface area contributed by atoms with Crippen molar-refractivity contribution in [2.75, 3.05) is 60.0 Å². The van der Waals surface area contributed by atoms with E-state index < -0.39 is 0 Å². The Kier molecular flexibility index (Phi) is 8.02. The van der Waals surface area contributed by atoms with Gasteiger partial charge in [-0.15, -0.1) is 0 Å². The highest BCUT2D eigenvalue weighted by Crippen LogP contribution is 2.28. The zero-order valence-corrected chi connectivity index (χ0v) is 14.5. The highest BCUT2D eigenvalue weighted by Gasteiger charge is 2.21. The minimum Gasteiger partial charge on any atom is -0.379 e. The molecule has 2 rings (SSSR count). The van der Waals surface area contributed by atoms with E-state index in [4.69, 9.17) is 4.74 Å². The number of nitrogens with one attached hydrogen (secondary N) is 1. The molecule has 0 unspecified atom stereocenters. The Morgan fingerprint density at radius 1 is 1.23 bits per heavy atom. The fourth-order valence-corrected chi connectivity index (χ4v) is 2.91. The molecule has 5 heteroatoms. The van der Waals surface area contributed by atoms with Gasteiger partial charge in [-0.3, -0.25) is 4.99 Å². The van der Waals surface area contributed by atoms with Crippen LogP contribution in [-0.4, -0.2) is 75.8 Å². The zero-order valence-electron chi connectivity index (χ0n) is 14.5. The van der Waals surface area contributed by atoms with Crippen LogP contribution < -0.4 is 5.32 Å². The Labute approximate surface area is 136 Å². The average Bonchev–Trinajstić information content (AvgIpc) is 3.35. The molecule has 1 N–H and O–H groups in total. The molecule has 0 aromatic carbocycles. The molecule has 1 aliphatic carbocycles. The fourth-order valence-electron chi connectivity index (χ4n) is 2.91. The molecule has 0 atom stereocenters. The molecule has 128 valence electrons. The van der Waals surface area contributed by atoms with Crippen LogP contribution in [0, 0.1) is 5.92 Å². The topological polar surface area (TPSA) is 40.1 Å². The van der Waals surface area contributed by atoms with Gasteiger partial charge in [0.25, 0.3) is 0 Å². The van der Waals surface area contributed by atoms with Crippen LogP contribution in [0.15, 0.2) is 4.99 Å². The highest BCUT2D eigenvalue weighted by atomic mass is 16.5. The molecular formula is C17H34N4O. The van der Waals surface area contributed by atoms with E-state index >= 15 is 0 Å². The van der Waals surface area contributed by atoms with E-state index in [2.05, 4.69) is 27.2 Å². The number of hydrogen-bond donors (Lipinski definition) is 1. The Bertz CT molecular complexity index is 323. The molecule has 1 heterocycles. The van der Waals surface area contributed by atoms with Crippen LogP contribution in [-0.2, 0) is 4.74 Å². The van der Waals surface area contributed by atoms with Crippen molar-refractivity contribution in [3.05, 3.63) is 0 Å². The lowest BCUT2D eigenvalue weighted by Crippen LogP contribution is -2.43. The highest BCUT2D eigenvalue weighted by molar-refractivity contribution is 5.79. The maximum absolute atomic E-state index is 5.70. The van der Waals surface area contributed by atoms with E-state index in [0.717, 1.165) is 44.7 Å². The summed E-state index contributed by atoms with van der Waals surface area (Å²) in [6.07, 6.45) is 8.22. The van der Waals surface area contributed by atoms with Crippen LogP contribution in [0.1, 0.15) is 38.5 Å². The van der Waals surface area contributed by atoms with Crippen LogP contribution >= 0.6 is 0 Å². The lowest BCUT2D eigenvalue weighted by Gasteiger charge is -2.24. The first kappa shape index (κ1) is 17.5. The van der Waals surface area contributed by atoms with E-state index in [9.17, 15) is 0 Å². The first-order chi connectivity index (χ1) is 10.8. The first-order valence-corrected chi connectivity index (χ1v) is 9.01. The van der Waals surface area contributed by atoms with Crippen molar-refractivity contribution in [2.24, 2.45) is 10.9 Å². The van der Waals surface area contributed by atoms with Gasteiger partial charge in [0.1, 0.15) is 0 Å². The maximum atomic E-state index is 5.70. The molecule has 1 saturated carbocycles. The third-order valence-corrected chi connectivity index (χ3v) is 4.60. The number of hydrogen-bond acceptors (Lipinski definition) is 3. The average molecular weight is 310 g/mol. The van der Waals surface area contributed by atoms with Crippen molar-refractivity contribution < 1.29 is 4.74 Å². The van der Waals surface area contributed by atoms with E-state index in [1.807, 2.05) is 7.05 Å². The second kappa shape index (κ2) is 10.1. The van der Waals surface area contributed by atoms with Crippen molar-refractivity contribution in [3.8, 4) is 0 Å². The number of ether oxygens (including phenoxy) is 1. The lowest BCUT2D eigenvalue weighted by molar-refractivity contribution is 0.115. The van der Waals surface area contributed by atoms with E-state index in [1.165, 1.54) is 51.6 Å². The number of rotatable bonds is 8. The van der Waals surface area contributed by atoms with Gasteiger partial charge >= 0.3 is 0 Å². The number of likely N-dealkylation sites (tertiary alicyclic amines) is 1. The van der Waals surface area contributed by atoms with E-state index in [-0.39, 0.29) is 0 Å². The van der Waals surface area contributed by atoms with Gasteiger partial charge in [-0.2, -0.15) is 0 Å². The third kappa shape index (κ3) is 6.97. The summed E-state index contributed by atoms with van der Waals surface area (Å²) in [6, 6.07) is 0. The molecular weight excluding hydrogens is 276 g/mol. The second-order valence-electron chi connectivity index (χ2n) is 6.67. The van der Waals surface area contributed by atoms with Gasteiger partial charge in [0.05, 0.1) is 6.61 Å². The monoisotopic (exact) mass is 310 g/mol. The molecule has 1 saturated heterocycles. The number of nitrogens with zero attached hydrogens (tertiary/aromatic N) is 3. The number of guanidine groups is 1. The van der Waals surface area contributed by atoms with Crippen molar-refractivity contribution >= 4 is 5.96 Å². The minimum atomic E-state index is 0.791. The molecule has 0 radical (unpaired) electrons. The summed E-state index contributed by atoms with van der Waals surface area (Å²) in [4.78, 5) is 9.11. The Morgan fingerprint density at radius 3 is 2.59 bits per heavy atom. The first-order valence-electron chi connectivity index (χ1n) is 9.01. The Morgan fingerprint density at radius 2 is 1.95 bits per heavy atom. The lowest BCUT2D eigenvalue weighted by atomic mass is 10.2. The molecule has 0 spiro atoms. The summed E-state index contributed by atoms with van der Waals surface area (Å²) in [5, 5.41) is 3.48. The van der Waals surface area contributed by atoms with Gasteiger partial charge in [-0.1, -0.05) is 12.8 Å². The van der Waals surface area contributed by atoms with Crippen LogP contribution in [0.4, 0.5) is 0 Å². The van der Waals surface area contributed by atoms with Gasteiger partial charge in [0.15, 0.2) is 5.96 Å². The molecule has 0 amide bonds. The Balaban J connectivity index is 1.56. The zero-order chi connectivity index (χ0) is 15.6.